The number of pyridine rings is 1. The standard InChI is InChI=1S/C19H21F6N3O2/c20-18(21,22)14-9-8-13-17(27-14)28(11-4-3-5-11)16(26-13)7-2-1-6-12(29)10-15(30)19(23,24)25/h8-9,11,15,30H,1-7,10H2/t15-/m1/s1. The monoisotopic (exact) mass is 437 g/mol. The molecule has 1 N–H and O–H groups in total. The minimum atomic E-state index is -4.83. The zero-order chi connectivity index (χ0) is 22.1. The SMILES string of the molecule is O=C(CCCCc1nc2ccc(C(F)(F)F)nc2n1C1CCC1)C[C@@H](O)C(F)(F)F. The molecule has 1 aliphatic carbocycles. The van der Waals surface area contributed by atoms with Crippen molar-refractivity contribution in [3.8, 4) is 0 Å². The molecular formula is C19H21F6N3O2. The Bertz CT molecular complexity index is 902. The third kappa shape index (κ3) is 5.11. The Kier molecular flexibility index (Phi) is 6.40. The molecule has 30 heavy (non-hydrogen) atoms. The maximum atomic E-state index is 13.0. The van der Waals surface area contributed by atoms with Gasteiger partial charge in [0, 0.05) is 25.3 Å². The van der Waals surface area contributed by atoms with Crippen LogP contribution in [-0.2, 0) is 17.4 Å². The minimum absolute atomic E-state index is 0.0181. The fourth-order valence-electron chi connectivity index (χ4n) is 3.42. The maximum absolute atomic E-state index is 13.0. The lowest BCUT2D eigenvalue weighted by Gasteiger charge is -2.28. The highest BCUT2D eigenvalue weighted by Crippen LogP contribution is 2.37. The number of aliphatic hydroxyl groups excluding tert-OH is 1. The number of carbonyl (C=O) groups is 1. The average molecular weight is 437 g/mol. The van der Waals surface area contributed by atoms with E-state index < -0.39 is 36.4 Å². The summed E-state index contributed by atoms with van der Waals surface area (Å²) in [6.45, 7) is 0. The van der Waals surface area contributed by atoms with E-state index in [-0.39, 0.29) is 18.1 Å². The summed E-state index contributed by atoms with van der Waals surface area (Å²) >= 11 is 0. The zero-order valence-corrected chi connectivity index (χ0v) is 15.9. The van der Waals surface area contributed by atoms with E-state index >= 15 is 0 Å². The van der Waals surface area contributed by atoms with Crippen LogP contribution in [0.5, 0.6) is 0 Å². The summed E-state index contributed by atoms with van der Waals surface area (Å²) in [5.74, 6) is -0.131. The van der Waals surface area contributed by atoms with Gasteiger partial charge in [0.25, 0.3) is 0 Å². The van der Waals surface area contributed by atoms with Crippen LogP contribution < -0.4 is 0 Å². The number of alkyl halides is 6. The van der Waals surface area contributed by atoms with Gasteiger partial charge in [-0.2, -0.15) is 26.3 Å². The van der Waals surface area contributed by atoms with Crippen LogP contribution in [0, 0.1) is 0 Å². The van der Waals surface area contributed by atoms with Crippen LogP contribution in [0.4, 0.5) is 26.3 Å². The van der Waals surface area contributed by atoms with E-state index in [0.717, 1.165) is 25.3 Å². The molecule has 0 aromatic carbocycles. The first-order valence-electron chi connectivity index (χ1n) is 9.68. The number of fused-ring (bicyclic) bond motifs is 1. The maximum Gasteiger partial charge on any atom is 0.433 e. The number of carbonyl (C=O) groups excluding carboxylic acids is 1. The normalized spacial score (nSPS) is 16.6. The number of hydrogen-bond acceptors (Lipinski definition) is 4. The van der Waals surface area contributed by atoms with Gasteiger partial charge in [0.05, 0.1) is 0 Å². The quantitative estimate of drug-likeness (QED) is 0.477. The van der Waals surface area contributed by atoms with Gasteiger partial charge in [-0.05, 0) is 44.2 Å². The number of aliphatic hydroxyl groups is 1. The van der Waals surface area contributed by atoms with Gasteiger partial charge in [-0.15, -0.1) is 0 Å². The highest BCUT2D eigenvalue weighted by Gasteiger charge is 2.39. The van der Waals surface area contributed by atoms with Crippen LogP contribution in [0.15, 0.2) is 12.1 Å². The lowest BCUT2D eigenvalue weighted by Crippen LogP contribution is -2.30. The molecule has 0 saturated heterocycles. The van der Waals surface area contributed by atoms with Crippen LogP contribution in [0.25, 0.3) is 11.2 Å². The summed E-state index contributed by atoms with van der Waals surface area (Å²) in [6.07, 6.45) is -9.50. The van der Waals surface area contributed by atoms with E-state index in [9.17, 15) is 31.1 Å². The van der Waals surface area contributed by atoms with Crippen LogP contribution in [-0.4, -0.2) is 37.7 Å². The Labute approximate surface area is 168 Å². The van der Waals surface area contributed by atoms with E-state index in [1.54, 1.807) is 4.57 Å². The fourth-order valence-corrected chi connectivity index (χ4v) is 3.42. The molecule has 0 radical (unpaired) electrons. The lowest BCUT2D eigenvalue weighted by molar-refractivity contribution is -0.205. The summed E-state index contributed by atoms with van der Waals surface area (Å²) in [5.41, 5.74) is -0.459. The number of unbranched alkanes of at least 4 members (excludes halogenated alkanes) is 1. The average Bonchev–Trinajstić information content (AvgIpc) is 2.93. The predicted octanol–water partition coefficient (Wildman–Crippen LogP) is 4.77. The third-order valence-corrected chi connectivity index (χ3v) is 5.25. The molecule has 3 rings (SSSR count). The Balaban J connectivity index is 1.66. The van der Waals surface area contributed by atoms with Gasteiger partial charge >= 0.3 is 12.4 Å². The molecule has 0 unspecified atom stereocenters. The van der Waals surface area contributed by atoms with E-state index in [2.05, 4.69) is 9.97 Å². The lowest BCUT2D eigenvalue weighted by atomic mass is 9.92. The number of ketones is 1. The predicted molar refractivity (Wildman–Crippen MR) is 94.7 cm³/mol. The first-order chi connectivity index (χ1) is 14.0. The highest BCUT2D eigenvalue weighted by atomic mass is 19.4. The van der Waals surface area contributed by atoms with Crippen molar-refractivity contribution in [3.05, 3.63) is 23.7 Å². The van der Waals surface area contributed by atoms with Gasteiger partial charge in [0.2, 0.25) is 0 Å². The van der Waals surface area contributed by atoms with E-state index in [4.69, 9.17) is 5.11 Å². The molecule has 0 bridgehead atoms. The molecule has 11 heteroatoms. The van der Waals surface area contributed by atoms with Crippen molar-refractivity contribution >= 4 is 16.9 Å². The molecular weight excluding hydrogens is 416 g/mol. The zero-order valence-electron chi connectivity index (χ0n) is 15.9. The Hall–Kier alpha value is -2.17. The molecule has 1 saturated carbocycles. The summed E-state index contributed by atoms with van der Waals surface area (Å²) in [7, 11) is 0. The van der Waals surface area contributed by atoms with Crippen molar-refractivity contribution in [3.63, 3.8) is 0 Å². The number of aryl methyl sites for hydroxylation is 1. The summed E-state index contributed by atoms with van der Waals surface area (Å²) < 4.78 is 77.7. The molecule has 5 nitrogen and oxygen atoms in total. The Morgan fingerprint density at radius 3 is 2.40 bits per heavy atom. The number of imidazole rings is 1. The first-order valence-corrected chi connectivity index (χ1v) is 9.68. The number of hydrogen-bond donors (Lipinski definition) is 1. The molecule has 2 aromatic heterocycles. The van der Waals surface area contributed by atoms with Crippen LogP contribution in [0.2, 0.25) is 0 Å². The van der Waals surface area contributed by atoms with Crippen molar-refractivity contribution in [2.24, 2.45) is 0 Å². The van der Waals surface area contributed by atoms with Gasteiger partial charge in [-0.1, -0.05) is 0 Å². The number of halogens is 6. The van der Waals surface area contributed by atoms with Crippen LogP contribution >= 0.6 is 0 Å². The number of aromatic nitrogens is 3. The van der Waals surface area contributed by atoms with E-state index in [1.807, 2.05) is 0 Å². The second kappa shape index (κ2) is 8.52. The summed E-state index contributed by atoms with van der Waals surface area (Å²) in [6, 6.07) is 2.19. The molecule has 0 spiro atoms. The van der Waals surface area contributed by atoms with Crippen molar-refractivity contribution in [1.29, 1.82) is 0 Å². The van der Waals surface area contributed by atoms with Crippen molar-refractivity contribution in [2.75, 3.05) is 0 Å². The van der Waals surface area contributed by atoms with Crippen molar-refractivity contribution < 1.29 is 36.2 Å². The van der Waals surface area contributed by atoms with Gasteiger partial charge in [-0.25, -0.2) is 9.97 Å². The van der Waals surface area contributed by atoms with E-state index in [1.165, 1.54) is 6.07 Å². The van der Waals surface area contributed by atoms with Crippen molar-refractivity contribution in [2.45, 2.75) is 75.9 Å². The first kappa shape index (κ1) is 22.5. The topological polar surface area (TPSA) is 68.0 Å². The molecule has 0 aliphatic heterocycles. The van der Waals surface area contributed by atoms with Gasteiger partial charge in [0.15, 0.2) is 11.8 Å². The molecule has 2 heterocycles. The van der Waals surface area contributed by atoms with Crippen LogP contribution in [0.1, 0.15) is 62.5 Å². The molecule has 1 aliphatic rings. The number of Topliss-reactive ketones (excluding diaryl/α,β-unsaturated/α-hetero) is 1. The Morgan fingerprint density at radius 1 is 1.13 bits per heavy atom. The molecule has 166 valence electrons. The second-order valence-corrected chi connectivity index (χ2v) is 7.53. The summed E-state index contributed by atoms with van der Waals surface area (Å²) in [4.78, 5) is 19.8. The molecule has 1 fully saturated rings. The smallest absolute Gasteiger partial charge is 0.383 e. The number of nitrogens with zero attached hydrogens (tertiary/aromatic N) is 3. The fraction of sp³-hybridized carbons (Fsp3) is 0.632. The summed E-state index contributed by atoms with van der Waals surface area (Å²) in [5, 5.41) is 8.94. The Morgan fingerprint density at radius 2 is 1.83 bits per heavy atom. The third-order valence-electron chi connectivity index (χ3n) is 5.25. The highest BCUT2D eigenvalue weighted by molar-refractivity contribution is 5.78. The van der Waals surface area contributed by atoms with Gasteiger partial charge in [0.1, 0.15) is 22.8 Å². The molecule has 0 amide bonds. The second-order valence-electron chi connectivity index (χ2n) is 7.53. The van der Waals surface area contributed by atoms with Gasteiger partial charge in [-0.3, -0.25) is 4.79 Å². The molecule has 2 aromatic rings. The van der Waals surface area contributed by atoms with Gasteiger partial charge < -0.3 is 9.67 Å². The van der Waals surface area contributed by atoms with Crippen molar-refractivity contribution in [1.82, 2.24) is 14.5 Å². The van der Waals surface area contributed by atoms with E-state index in [0.29, 0.717) is 30.6 Å². The minimum Gasteiger partial charge on any atom is -0.383 e. The van der Waals surface area contributed by atoms with Crippen LogP contribution in [0.3, 0.4) is 0 Å². The number of rotatable bonds is 8. The largest absolute Gasteiger partial charge is 0.433 e. The molecule has 1 atom stereocenters.